The van der Waals surface area contributed by atoms with Gasteiger partial charge < -0.3 is 24.0 Å². The molecule has 0 aliphatic carbocycles. The van der Waals surface area contributed by atoms with Crippen molar-refractivity contribution >= 4 is 57.3 Å². The van der Waals surface area contributed by atoms with E-state index in [0.717, 1.165) is 71.7 Å². The summed E-state index contributed by atoms with van der Waals surface area (Å²) in [6, 6.07) is 13.4. The second-order valence-electron chi connectivity index (χ2n) is 15.9. The minimum absolute atomic E-state index is 0.00123. The number of hydrogen-bond acceptors (Lipinski definition) is 9. The van der Waals surface area contributed by atoms with E-state index in [1.807, 2.05) is 30.3 Å². The van der Waals surface area contributed by atoms with Gasteiger partial charge in [-0.3, -0.25) is 34.2 Å². The number of alkyl halides is 2. The highest BCUT2D eigenvalue weighted by Gasteiger charge is 2.48. The van der Waals surface area contributed by atoms with Gasteiger partial charge in [-0.05, 0) is 81.0 Å². The van der Waals surface area contributed by atoms with Gasteiger partial charge in [0.2, 0.25) is 11.8 Å². The van der Waals surface area contributed by atoms with Crippen LogP contribution in [0.4, 0.5) is 31.5 Å². The van der Waals surface area contributed by atoms with E-state index in [1.54, 1.807) is 43.8 Å². The molecule has 1 N–H and O–H groups in total. The van der Waals surface area contributed by atoms with Gasteiger partial charge in [-0.25, -0.2) is 8.78 Å². The number of amides is 4. The van der Waals surface area contributed by atoms with Crippen LogP contribution >= 0.6 is 0 Å². The summed E-state index contributed by atoms with van der Waals surface area (Å²) in [5.74, 6) is -1.55. The third-order valence-electron chi connectivity index (χ3n) is 12.6. The molecule has 1 aromatic heterocycles. The van der Waals surface area contributed by atoms with Gasteiger partial charge in [-0.1, -0.05) is 0 Å². The molecule has 9 rings (SSSR count). The Labute approximate surface area is 321 Å². The fourth-order valence-electron chi connectivity index (χ4n) is 9.49. The first-order chi connectivity index (χ1) is 26.9. The van der Waals surface area contributed by atoms with Gasteiger partial charge in [0.05, 0.1) is 29.4 Å². The van der Waals surface area contributed by atoms with Gasteiger partial charge in [0.15, 0.2) is 0 Å². The summed E-state index contributed by atoms with van der Waals surface area (Å²) in [5.41, 5.74) is 5.64. The number of rotatable bonds is 6. The number of nitrogens with zero attached hydrogens (tertiary/aromatic N) is 5. The molecule has 0 radical (unpaired) electrons. The number of aromatic nitrogens is 1. The number of ether oxygens (including phenoxy) is 1. The molecule has 12 nitrogen and oxygen atoms in total. The van der Waals surface area contributed by atoms with Gasteiger partial charge in [0, 0.05) is 97.3 Å². The highest BCUT2D eigenvalue weighted by molar-refractivity contribution is 6.23. The number of carbonyl (C=O) groups is 4. The van der Waals surface area contributed by atoms with E-state index in [4.69, 9.17) is 4.74 Å². The van der Waals surface area contributed by atoms with Gasteiger partial charge >= 0.3 is 0 Å². The van der Waals surface area contributed by atoms with Gasteiger partial charge in [0.25, 0.3) is 23.8 Å². The number of nitrogens with one attached hydrogen (secondary N) is 1. The lowest BCUT2D eigenvalue weighted by Crippen LogP contribution is -2.60. The van der Waals surface area contributed by atoms with Crippen LogP contribution in [0.2, 0.25) is 0 Å². The number of imide groups is 2. The van der Waals surface area contributed by atoms with Crippen molar-refractivity contribution in [2.45, 2.75) is 57.9 Å². The van der Waals surface area contributed by atoms with Crippen LogP contribution in [0.25, 0.3) is 10.9 Å². The lowest BCUT2D eigenvalue weighted by atomic mass is 9.71. The van der Waals surface area contributed by atoms with Crippen LogP contribution in [0.5, 0.6) is 5.75 Å². The predicted octanol–water partition coefficient (Wildman–Crippen LogP) is 5.39. The topological polar surface area (TPSA) is 124 Å². The standard InChI is InChI=1S/C42H42F2N6O6/c1-23-15-29-33(46(2)39(23)53)18-26(56-3)19-35(29)49-12-4-5-24-16-34(30(37(43)44)20-32(24)49)47-13-10-42(11-14-47)21-48(22-42)25-6-7-27-28(17-25)41(55)50(40(27)54)31-8-9-36(51)45-38(31)52/h6-7,15-20,31,37H,4-5,8-14,21-22H2,1-3H3,(H,45,51,52). The van der Waals surface area contributed by atoms with Crippen LogP contribution in [0.3, 0.4) is 0 Å². The summed E-state index contributed by atoms with van der Waals surface area (Å²) in [6.45, 7) is 5.14. The fourth-order valence-corrected chi connectivity index (χ4v) is 9.49. The van der Waals surface area contributed by atoms with E-state index in [-0.39, 0.29) is 40.5 Å². The van der Waals surface area contributed by atoms with E-state index in [0.29, 0.717) is 42.2 Å². The third-order valence-corrected chi connectivity index (χ3v) is 12.6. The summed E-state index contributed by atoms with van der Waals surface area (Å²) in [7, 11) is 3.31. The van der Waals surface area contributed by atoms with E-state index < -0.39 is 36.1 Å². The molecule has 56 heavy (non-hydrogen) atoms. The summed E-state index contributed by atoms with van der Waals surface area (Å²) < 4.78 is 37.2. The molecule has 4 aromatic rings. The van der Waals surface area contributed by atoms with Crippen molar-refractivity contribution in [3.05, 3.63) is 86.7 Å². The van der Waals surface area contributed by atoms with Crippen LogP contribution in [0, 0.1) is 12.3 Å². The molecule has 1 atom stereocenters. The van der Waals surface area contributed by atoms with Crippen LogP contribution in [-0.2, 0) is 23.1 Å². The lowest BCUT2D eigenvalue weighted by Gasteiger charge is -2.55. The van der Waals surface area contributed by atoms with Crippen molar-refractivity contribution in [1.29, 1.82) is 0 Å². The first-order valence-electron chi connectivity index (χ1n) is 19.1. The second-order valence-corrected chi connectivity index (χ2v) is 15.9. The zero-order valence-electron chi connectivity index (χ0n) is 31.5. The number of aryl methyl sites for hydroxylation is 3. The monoisotopic (exact) mass is 764 g/mol. The van der Waals surface area contributed by atoms with Crippen molar-refractivity contribution in [2.75, 3.05) is 54.5 Å². The smallest absolute Gasteiger partial charge is 0.265 e. The molecule has 5 aliphatic rings. The van der Waals surface area contributed by atoms with Gasteiger partial charge in [0.1, 0.15) is 11.8 Å². The van der Waals surface area contributed by atoms with Crippen molar-refractivity contribution in [3.8, 4) is 5.75 Å². The molecule has 5 aliphatic heterocycles. The number of pyridine rings is 1. The second kappa shape index (κ2) is 13.2. The average Bonchev–Trinajstić information content (AvgIpc) is 3.42. The highest BCUT2D eigenvalue weighted by atomic mass is 19.3. The summed E-state index contributed by atoms with van der Waals surface area (Å²) >= 11 is 0. The molecule has 1 unspecified atom stereocenters. The van der Waals surface area contributed by atoms with Crippen molar-refractivity contribution in [3.63, 3.8) is 0 Å². The Morgan fingerprint density at radius 2 is 1.59 bits per heavy atom. The third kappa shape index (κ3) is 5.63. The molecule has 1 spiro atoms. The maximum atomic E-state index is 15.0. The normalized spacial score (nSPS) is 20.5. The van der Waals surface area contributed by atoms with E-state index >= 15 is 0 Å². The van der Waals surface area contributed by atoms with Gasteiger partial charge in [-0.2, -0.15) is 0 Å². The molecule has 0 saturated carbocycles. The number of benzene rings is 3. The Kier molecular flexibility index (Phi) is 8.44. The maximum Gasteiger partial charge on any atom is 0.265 e. The SMILES string of the molecule is COc1cc(N2CCCc3cc(N4CCC5(CC4)CN(c4ccc6c(c4)C(=O)N(C4CCC(=O)NC4=O)C6=O)C5)c(C(F)F)cc32)c2cc(C)c(=O)n(C)c2c1. The van der Waals surface area contributed by atoms with Crippen LogP contribution in [0.15, 0.2) is 53.3 Å². The molecule has 14 heteroatoms. The maximum absolute atomic E-state index is 15.0. The van der Waals surface area contributed by atoms with Crippen molar-refractivity contribution in [2.24, 2.45) is 12.5 Å². The Bertz CT molecular complexity index is 2430. The summed E-state index contributed by atoms with van der Waals surface area (Å²) in [5, 5.41) is 3.08. The van der Waals surface area contributed by atoms with Crippen LogP contribution in [0.1, 0.15) is 75.9 Å². The molecular formula is C42H42F2N6O6. The Balaban J connectivity index is 0.927. The van der Waals surface area contributed by atoms with E-state index in [1.165, 1.54) is 0 Å². The van der Waals surface area contributed by atoms with E-state index in [2.05, 4.69) is 20.0 Å². The summed E-state index contributed by atoms with van der Waals surface area (Å²) in [6.07, 6.45) is 0.698. The largest absolute Gasteiger partial charge is 0.497 e. The average molecular weight is 765 g/mol. The number of carbonyl (C=O) groups excluding carboxylic acids is 4. The minimum atomic E-state index is -2.68. The summed E-state index contributed by atoms with van der Waals surface area (Å²) in [4.78, 5) is 70.8. The first kappa shape index (κ1) is 35.9. The zero-order valence-corrected chi connectivity index (χ0v) is 31.5. The number of halogens is 2. The Hall–Kier alpha value is -5.79. The lowest BCUT2D eigenvalue weighted by molar-refractivity contribution is -0.136. The van der Waals surface area contributed by atoms with Crippen molar-refractivity contribution in [1.82, 2.24) is 14.8 Å². The van der Waals surface area contributed by atoms with E-state index in [9.17, 15) is 32.8 Å². The quantitative estimate of drug-likeness (QED) is 0.258. The van der Waals surface area contributed by atoms with Crippen molar-refractivity contribution < 1.29 is 32.7 Å². The minimum Gasteiger partial charge on any atom is -0.497 e. The molecule has 0 bridgehead atoms. The fraction of sp³-hybridized carbons (Fsp3) is 0.405. The highest BCUT2D eigenvalue weighted by Crippen LogP contribution is 2.48. The zero-order chi connectivity index (χ0) is 39.2. The Morgan fingerprint density at radius 3 is 2.30 bits per heavy atom. The molecule has 4 amide bonds. The molecule has 3 aromatic carbocycles. The van der Waals surface area contributed by atoms with Crippen LogP contribution in [-0.4, -0.2) is 79.0 Å². The molecule has 290 valence electrons. The number of hydrogen-bond donors (Lipinski definition) is 1. The van der Waals surface area contributed by atoms with Gasteiger partial charge in [-0.15, -0.1) is 0 Å². The molecule has 3 fully saturated rings. The molecule has 6 heterocycles. The molecular weight excluding hydrogens is 722 g/mol. The molecule has 3 saturated heterocycles. The number of methoxy groups -OCH3 is 1. The Morgan fingerprint density at radius 1 is 0.839 bits per heavy atom. The first-order valence-corrected chi connectivity index (χ1v) is 19.1. The van der Waals surface area contributed by atoms with Crippen LogP contribution < -0.4 is 30.3 Å². The predicted molar refractivity (Wildman–Crippen MR) is 206 cm³/mol. The number of fused-ring (bicyclic) bond motifs is 3. The number of anilines is 4. The number of piperidine rings is 2.